The molecule has 0 bridgehead atoms. The summed E-state index contributed by atoms with van der Waals surface area (Å²) in [5.74, 6) is -1.11. The molecule has 0 aromatic heterocycles. The van der Waals surface area contributed by atoms with Crippen molar-refractivity contribution in [2.45, 2.75) is 25.8 Å². The van der Waals surface area contributed by atoms with Gasteiger partial charge in [-0.25, -0.2) is 4.79 Å². The quantitative estimate of drug-likeness (QED) is 0.494. The maximum absolute atomic E-state index is 10.4. The lowest BCUT2D eigenvalue weighted by Gasteiger charge is -1.99. The van der Waals surface area contributed by atoms with E-state index >= 15 is 0 Å². The SMILES string of the molecule is CCO.O=C1CC[C@@H](C(=O)O)N1. The minimum absolute atomic E-state index is 0.164. The zero-order valence-corrected chi connectivity index (χ0v) is 6.91. The number of nitrogens with one attached hydrogen (secondary N) is 1. The van der Waals surface area contributed by atoms with Crippen molar-refractivity contribution in [1.29, 1.82) is 0 Å². The van der Waals surface area contributed by atoms with Crippen LogP contribution in [0.15, 0.2) is 0 Å². The molecule has 1 atom stereocenters. The number of aliphatic hydroxyl groups excluding tert-OH is 1. The van der Waals surface area contributed by atoms with E-state index in [1.54, 1.807) is 6.92 Å². The number of carbonyl (C=O) groups excluding carboxylic acids is 1. The molecule has 5 heteroatoms. The highest BCUT2D eigenvalue weighted by Gasteiger charge is 2.26. The predicted molar refractivity (Wildman–Crippen MR) is 41.6 cm³/mol. The molecule has 0 unspecified atom stereocenters. The van der Waals surface area contributed by atoms with E-state index in [0.29, 0.717) is 12.8 Å². The van der Waals surface area contributed by atoms with E-state index in [1.165, 1.54) is 0 Å². The molecule has 0 aromatic carbocycles. The Balaban J connectivity index is 0.000000354. The van der Waals surface area contributed by atoms with E-state index in [4.69, 9.17) is 10.2 Å². The number of hydrogen-bond acceptors (Lipinski definition) is 3. The fraction of sp³-hybridized carbons (Fsp3) is 0.714. The number of carbonyl (C=O) groups is 2. The summed E-state index contributed by atoms with van der Waals surface area (Å²) in [6.45, 7) is 1.93. The van der Waals surface area contributed by atoms with Crippen molar-refractivity contribution < 1.29 is 19.8 Å². The maximum Gasteiger partial charge on any atom is 0.326 e. The van der Waals surface area contributed by atoms with E-state index in [2.05, 4.69) is 5.32 Å². The van der Waals surface area contributed by atoms with E-state index < -0.39 is 12.0 Å². The molecule has 1 rings (SSSR count). The van der Waals surface area contributed by atoms with Crippen LogP contribution in [0, 0.1) is 0 Å². The molecule has 1 aliphatic rings. The third kappa shape index (κ3) is 3.92. The Morgan fingerprint density at radius 3 is 2.42 bits per heavy atom. The van der Waals surface area contributed by atoms with Crippen LogP contribution in [0.2, 0.25) is 0 Å². The van der Waals surface area contributed by atoms with E-state index in [-0.39, 0.29) is 12.5 Å². The lowest BCUT2D eigenvalue weighted by atomic mass is 10.2. The first-order chi connectivity index (χ1) is 5.61. The number of amides is 1. The molecule has 3 N–H and O–H groups in total. The lowest BCUT2D eigenvalue weighted by molar-refractivity contribution is -0.140. The summed E-state index contributed by atoms with van der Waals surface area (Å²) in [5.41, 5.74) is 0. The summed E-state index contributed by atoms with van der Waals surface area (Å²) >= 11 is 0. The standard InChI is InChI=1S/C5H7NO3.C2H6O/c7-4-2-1-3(6-4)5(8)9;1-2-3/h3H,1-2H2,(H,6,7)(H,8,9);3H,2H2,1H3/t3-;/m0./s1. The fourth-order valence-electron chi connectivity index (χ4n) is 0.799. The zero-order valence-electron chi connectivity index (χ0n) is 6.91. The molecule has 1 saturated heterocycles. The molecule has 0 aromatic rings. The van der Waals surface area contributed by atoms with Gasteiger partial charge in [0, 0.05) is 13.0 Å². The van der Waals surface area contributed by atoms with Gasteiger partial charge in [-0.3, -0.25) is 4.79 Å². The molecule has 0 aliphatic carbocycles. The number of aliphatic hydroxyl groups is 1. The first kappa shape index (κ1) is 10.9. The number of hydrogen-bond donors (Lipinski definition) is 3. The van der Waals surface area contributed by atoms with E-state index in [9.17, 15) is 9.59 Å². The topological polar surface area (TPSA) is 86.6 Å². The molecule has 0 saturated carbocycles. The van der Waals surface area contributed by atoms with Gasteiger partial charge in [0.05, 0.1) is 0 Å². The van der Waals surface area contributed by atoms with Gasteiger partial charge in [0.25, 0.3) is 0 Å². The van der Waals surface area contributed by atoms with Crippen molar-refractivity contribution in [2.24, 2.45) is 0 Å². The minimum atomic E-state index is -0.944. The molecular formula is C7H13NO4. The Kier molecular flexibility index (Phi) is 5.03. The van der Waals surface area contributed by atoms with Gasteiger partial charge < -0.3 is 15.5 Å². The van der Waals surface area contributed by atoms with Crippen LogP contribution in [0.5, 0.6) is 0 Å². The summed E-state index contributed by atoms with van der Waals surface area (Å²) in [6, 6.07) is -0.641. The molecule has 5 nitrogen and oxygen atoms in total. The third-order valence-electron chi connectivity index (χ3n) is 1.29. The van der Waals surface area contributed by atoms with Crippen molar-refractivity contribution in [3.8, 4) is 0 Å². The monoisotopic (exact) mass is 175 g/mol. The van der Waals surface area contributed by atoms with Gasteiger partial charge in [-0.1, -0.05) is 0 Å². The van der Waals surface area contributed by atoms with Crippen LogP contribution in [0.3, 0.4) is 0 Å². The van der Waals surface area contributed by atoms with Gasteiger partial charge in [-0.15, -0.1) is 0 Å². The Bertz CT molecular complexity index is 169. The summed E-state index contributed by atoms with van der Waals surface area (Å²) in [6.07, 6.45) is 0.769. The molecule has 70 valence electrons. The van der Waals surface area contributed by atoms with Crippen LogP contribution in [0.4, 0.5) is 0 Å². The largest absolute Gasteiger partial charge is 0.480 e. The van der Waals surface area contributed by atoms with Crippen LogP contribution >= 0.6 is 0 Å². The van der Waals surface area contributed by atoms with Crippen molar-refractivity contribution in [2.75, 3.05) is 6.61 Å². The van der Waals surface area contributed by atoms with Crippen LogP contribution in [0.25, 0.3) is 0 Å². The summed E-state index contributed by atoms with van der Waals surface area (Å²) in [4.78, 5) is 20.5. The van der Waals surface area contributed by atoms with E-state index in [0.717, 1.165) is 0 Å². The molecule has 1 aliphatic heterocycles. The molecule has 0 radical (unpaired) electrons. The van der Waals surface area contributed by atoms with E-state index in [1.807, 2.05) is 0 Å². The Labute approximate surface area is 70.4 Å². The molecular weight excluding hydrogens is 162 g/mol. The highest BCUT2D eigenvalue weighted by Crippen LogP contribution is 2.05. The first-order valence-electron chi connectivity index (χ1n) is 3.74. The second-order valence-electron chi connectivity index (χ2n) is 2.31. The molecule has 1 fully saturated rings. The summed E-state index contributed by atoms with van der Waals surface area (Å²) in [5, 5.41) is 18.2. The summed E-state index contributed by atoms with van der Waals surface area (Å²) in [7, 11) is 0. The highest BCUT2D eigenvalue weighted by molar-refractivity contribution is 5.87. The smallest absolute Gasteiger partial charge is 0.326 e. The number of carboxylic acid groups (broad SMARTS) is 1. The maximum atomic E-state index is 10.4. The fourth-order valence-corrected chi connectivity index (χ4v) is 0.799. The number of rotatable bonds is 1. The average molecular weight is 175 g/mol. The minimum Gasteiger partial charge on any atom is -0.480 e. The van der Waals surface area contributed by atoms with Crippen molar-refractivity contribution in [3.05, 3.63) is 0 Å². The van der Waals surface area contributed by atoms with Gasteiger partial charge in [0.1, 0.15) is 6.04 Å². The Morgan fingerprint density at radius 1 is 1.75 bits per heavy atom. The van der Waals surface area contributed by atoms with Crippen molar-refractivity contribution >= 4 is 11.9 Å². The summed E-state index contributed by atoms with van der Waals surface area (Å²) < 4.78 is 0. The normalized spacial score (nSPS) is 20.8. The van der Waals surface area contributed by atoms with Gasteiger partial charge in [-0.2, -0.15) is 0 Å². The second-order valence-corrected chi connectivity index (χ2v) is 2.31. The molecule has 1 heterocycles. The van der Waals surface area contributed by atoms with Gasteiger partial charge in [0.15, 0.2) is 0 Å². The Morgan fingerprint density at radius 2 is 2.25 bits per heavy atom. The predicted octanol–water partition coefficient (Wildman–Crippen LogP) is -0.652. The van der Waals surface area contributed by atoms with Crippen LogP contribution in [-0.4, -0.2) is 34.7 Å². The Hall–Kier alpha value is -1.10. The van der Waals surface area contributed by atoms with Crippen molar-refractivity contribution in [1.82, 2.24) is 5.32 Å². The first-order valence-corrected chi connectivity index (χ1v) is 3.74. The van der Waals surface area contributed by atoms with Gasteiger partial charge in [-0.05, 0) is 13.3 Å². The molecule has 12 heavy (non-hydrogen) atoms. The molecule has 0 spiro atoms. The van der Waals surface area contributed by atoms with Gasteiger partial charge in [0.2, 0.25) is 5.91 Å². The number of aliphatic carboxylic acids is 1. The average Bonchev–Trinajstić information content (AvgIpc) is 2.37. The zero-order chi connectivity index (χ0) is 9.56. The lowest BCUT2D eigenvalue weighted by Crippen LogP contribution is -2.32. The van der Waals surface area contributed by atoms with Gasteiger partial charge >= 0.3 is 5.97 Å². The van der Waals surface area contributed by atoms with Crippen LogP contribution in [0.1, 0.15) is 19.8 Å². The number of carboxylic acids is 1. The van der Waals surface area contributed by atoms with Crippen LogP contribution < -0.4 is 5.32 Å². The second kappa shape index (κ2) is 5.54. The third-order valence-corrected chi connectivity index (χ3v) is 1.29. The highest BCUT2D eigenvalue weighted by atomic mass is 16.4. The van der Waals surface area contributed by atoms with Crippen molar-refractivity contribution in [3.63, 3.8) is 0 Å². The van der Waals surface area contributed by atoms with Crippen LogP contribution in [-0.2, 0) is 9.59 Å². The molecule has 1 amide bonds.